The van der Waals surface area contributed by atoms with Crippen molar-refractivity contribution in [2.24, 2.45) is 5.73 Å². The Morgan fingerprint density at radius 3 is 2.91 bits per heavy atom. The van der Waals surface area contributed by atoms with Crippen LogP contribution in [0, 0.1) is 6.92 Å². The maximum Gasteiger partial charge on any atom is 0.0519 e. The van der Waals surface area contributed by atoms with E-state index in [4.69, 9.17) is 5.73 Å². The smallest absolute Gasteiger partial charge is 0.0519 e. The third kappa shape index (κ3) is 2.02. The summed E-state index contributed by atoms with van der Waals surface area (Å²) in [6.45, 7) is 2.95. The van der Waals surface area contributed by atoms with Gasteiger partial charge in [-0.3, -0.25) is 0 Å². The van der Waals surface area contributed by atoms with Gasteiger partial charge >= 0.3 is 0 Å². The molecule has 0 amide bonds. The molecule has 0 bridgehead atoms. The highest BCUT2D eigenvalue weighted by molar-refractivity contribution is 7.10. The number of nitrogens with one attached hydrogen (secondary N) is 1. The number of likely N-dealkylation sites (N-methyl/N-ethyl adjacent to an activating group) is 1. The van der Waals surface area contributed by atoms with E-state index in [0.29, 0.717) is 0 Å². The van der Waals surface area contributed by atoms with Gasteiger partial charge in [0.25, 0.3) is 0 Å². The fourth-order valence-electron chi connectivity index (χ4n) is 1.08. The molecule has 1 rings (SSSR count). The minimum absolute atomic E-state index is 0.153. The summed E-state index contributed by atoms with van der Waals surface area (Å²) in [6.07, 6.45) is 0. The zero-order valence-corrected chi connectivity index (χ0v) is 7.74. The second-order valence-corrected chi connectivity index (χ2v) is 3.58. The Kier molecular flexibility index (Phi) is 3.05. The van der Waals surface area contributed by atoms with Crippen LogP contribution in [-0.4, -0.2) is 13.6 Å². The van der Waals surface area contributed by atoms with Gasteiger partial charge in [0.15, 0.2) is 0 Å². The van der Waals surface area contributed by atoms with Gasteiger partial charge in [0, 0.05) is 11.4 Å². The van der Waals surface area contributed by atoms with Gasteiger partial charge in [0.05, 0.1) is 6.04 Å². The Labute approximate surface area is 71.4 Å². The molecule has 0 aliphatic rings. The Bertz CT molecular complexity index is 220. The predicted molar refractivity (Wildman–Crippen MR) is 49.9 cm³/mol. The Morgan fingerprint density at radius 2 is 2.45 bits per heavy atom. The second kappa shape index (κ2) is 3.85. The Hall–Kier alpha value is -0.380. The summed E-state index contributed by atoms with van der Waals surface area (Å²) < 4.78 is 0. The summed E-state index contributed by atoms with van der Waals surface area (Å²) in [7, 11) is 1.92. The van der Waals surface area contributed by atoms with Crippen LogP contribution in [0.15, 0.2) is 11.4 Å². The summed E-state index contributed by atoms with van der Waals surface area (Å²) in [5.41, 5.74) is 7.20. The van der Waals surface area contributed by atoms with Crippen LogP contribution in [0.1, 0.15) is 16.5 Å². The van der Waals surface area contributed by atoms with E-state index in [1.54, 1.807) is 11.3 Å². The topological polar surface area (TPSA) is 38.0 Å². The standard InChI is InChI=1S/C8H14N2S/c1-6-3-4-11-8(6)7(9)5-10-2/h3-4,7,10H,5,9H2,1-2H3. The van der Waals surface area contributed by atoms with E-state index in [1.807, 2.05) is 7.05 Å². The molecule has 1 unspecified atom stereocenters. The van der Waals surface area contributed by atoms with E-state index in [9.17, 15) is 0 Å². The van der Waals surface area contributed by atoms with E-state index in [1.165, 1.54) is 10.4 Å². The van der Waals surface area contributed by atoms with Crippen LogP contribution >= 0.6 is 11.3 Å². The number of hydrogen-bond donors (Lipinski definition) is 2. The molecule has 0 aliphatic heterocycles. The molecule has 1 aromatic rings. The highest BCUT2D eigenvalue weighted by atomic mass is 32.1. The van der Waals surface area contributed by atoms with E-state index in [-0.39, 0.29) is 6.04 Å². The van der Waals surface area contributed by atoms with Gasteiger partial charge in [0.1, 0.15) is 0 Å². The first kappa shape index (κ1) is 8.71. The molecule has 3 N–H and O–H groups in total. The quantitative estimate of drug-likeness (QED) is 0.717. The second-order valence-electron chi connectivity index (χ2n) is 2.63. The van der Waals surface area contributed by atoms with Gasteiger partial charge in [0.2, 0.25) is 0 Å². The van der Waals surface area contributed by atoms with E-state index in [2.05, 4.69) is 23.7 Å². The molecule has 11 heavy (non-hydrogen) atoms. The van der Waals surface area contributed by atoms with Crippen molar-refractivity contribution in [3.05, 3.63) is 21.9 Å². The van der Waals surface area contributed by atoms with Gasteiger partial charge in [-0.1, -0.05) is 0 Å². The molecule has 0 saturated heterocycles. The van der Waals surface area contributed by atoms with Crippen molar-refractivity contribution in [2.75, 3.05) is 13.6 Å². The third-order valence-electron chi connectivity index (χ3n) is 1.66. The molecule has 0 radical (unpaired) electrons. The van der Waals surface area contributed by atoms with E-state index in [0.717, 1.165) is 6.54 Å². The van der Waals surface area contributed by atoms with Crippen LogP contribution in [0.5, 0.6) is 0 Å². The summed E-state index contributed by atoms with van der Waals surface area (Å²) >= 11 is 1.73. The lowest BCUT2D eigenvalue weighted by Gasteiger charge is -2.09. The van der Waals surface area contributed by atoms with Crippen molar-refractivity contribution in [3.8, 4) is 0 Å². The van der Waals surface area contributed by atoms with Gasteiger partial charge in [-0.05, 0) is 31.0 Å². The number of nitrogens with two attached hydrogens (primary N) is 1. The van der Waals surface area contributed by atoms with E-state index >= 15 is 0 Å². The summed E-state index contributed by atoms with van der Waals surface area (Å²) in [4.78, 5) is 1.29. The van der Waals surface area contributed by atoms with Crippen molar-refractivity contribution in [1.29, 1.82) is 0 Å². The zero-order chi connectivity index (χ0) is 8.27. The van der Waals surface area contributed by atoms with Crippen molar-refractivity contribution < 1.29 is 0 Å². The molecule has 3 heteroatoms. The van der Waals surface area contributed by atoms with Crippen LogP contribution in [-0.2, 0) is 0 Å². The molecule has 0 saturated carbocycles. The summed E-state index contributed by atoms with van der Waals surface area (Å²) in [5.74, 6) is 0. The fraction of sp³-hybridized carbons (Fsp3) is 0.500. The third-order valence-corrected chi connectivity index (χ3v) is 2.81. The first-order chi connectivity index (χ1) is 5.25. The zero-order valence-electron chi connectivity index (χ0n) is 6.92. The summed E-state index contributed by atoms with van der Waals surface area (Å²) in [6, 6.07) is 2.26. The van der Waals surface area contributed by atoms with Crippen molar-refractivity contribution >= 4 is 11.3 Å². The minimum Gasteiger partial charge on any atom is -0.322 e. The number of rotatable bonds is 3. The van der Waals surface area contributed by atoms with Crippen LogP contribution < -0.4 is 11.1 Å². The van der Waals surface area contributed by atoms with E-state index < -0.39 is 0 Å². The molecule has 2 nitrogen and oxygen atoms in total. The van der Waals surface area contributed by atoms with Gasteiger partial charge in [-0.2, -0.15) is 0 Å². The molecular weight excluding hydrogens is 156 g/mol. The van der Waals surface area contributed by atoms with Crippen LogP contribution in [0.25, 0.3) is 0 Å². The van der Waals surface area contributed by atoms with Crippen molar-refractivity contribution in [2.45, 2.75) is 13.0 Å². The normalized spacial score (nSPS) is 13.4. The lowest BCUT2D eigenvalue weighted by atomic mass is 10.2. The van der Waals surface area contributed by atoms with Crippen LogP contribution in [0.4, 0.5) is 0 Å². The van der Waals surface area contributed by atoms with Crippen molar-refractivity contribution in [1.82, 2.24) is 5.32 Å². The van der Waals surface area contributed by atoms with Crippen molar-refractivity contribution in [3.63, 3.8) is 0 Å². The molecule has 0 aliphatic carbocycles. The lowest BCUT2D eigenvalue weighted by molar-refractivity contribution is 0.660. The van der Waals surface area contributed by atoms with Crippen LogP contribution in [0.3, 0.4) is 0 Å². The molecule has 62 valence electrons. The fourth-order valence-corrected chi connectivity index (χ4v) is 2.01. The SMILES string of the molecule is CNCC(N)c1sccc1C. The predicted octanol–water partition coefficient (Wildman–Crippen LogP) is 1.28. The largest absolute Gasteiger partial charge is 0.322 e. The highest BCUT2D eigenvalue weighted by Gasteiger charge is 2.07. The number of thiophene rings is 1. The molecular formula is C8H14N2S. The molecule has 0 fully saturated rings. The highest BCUT2D eigenvalue weighted by Crippen LogP contribution is 2.21. The minimum atomic E-state index is 0.153. The first-order valence-corrected chi connectivity index (χ1v) is 4.58. The van der Waals surface area contributed by atoms with Gasteiger partial charge in [-0.25, -0.2) is 0 Å². The van der Waals surface area contributed by atoms with Crippen LogP contribution in [0.2, 0.25) is 0 Å². The first-order valence-electron chi connectivity index (χ1n) is 3.70. The average Bonchev–Trinajstić information content (AvgIpc) is 2.36. The monoisotopic (exact) mass is 170 g/mol. The summed E-state index contributed by atoms with van der Waals surface area (Å²) in [5, 5.41) is 5.15. The molecule has 0 spiro atoms. The van der Waals surface area contributed by atoms with Gasteiger partial charge < -0.3 is 11.1 Å². The Morgan fingerprint density at radius 1 is 1.73 bits per heavy atom. The molecule has 0 aromatic carbocycles. The molecule has 1 aromatic heterocycles. The maximum atomic E-state index is 5.90. The maximum absolute atomic E-state index is 5.90. The average molecular weight is 170 g/mol. The molecule has 1 heterocycles. The number of hydrogen-bond acceptors (Lipinski definition) is 3. The van der Waals surface area contributed by atoms with Gasteiger partial charge in [-0.15, -0.1) is 11.3 Å². The number of aryl methyl sites for hydroxylation is 1. The lowest BCUT2D eigenvalue weighted by Crippen LogP contribution is -2.23. The molecule has 1 atom stereocenters. The Balaban J connectivity index is 2.67.